The summed E-state index contributed by atoms with van der Waals surface area (Å²) in [5.74, 6) is -1.17. The molecule has 0 aliphatic carbocycles. The molecule has 6 nitrogen and oxygen atoms in total. The molecule has 1 fully saturated rings. The topological polar surface area (TPSA) is 94.9 Å². The minimum Gasteiger partial charge on any atom is -0.478 e. The highest BCUT2D eigenvalue weighted by molar-refractivity contribution is 7.89. The van der Waals surface area contributed by atoms with Crippen LogP contribution in [0.5, 0.6) is 0 Å². The molecule has 0 amide bonds. The van der Waals surface area contributed by atoms with E-state index in [0.29, 0.717) is 25.9 Å². The zero-order valence-corrected chi connectivity index (χ0v) is 12.6. The Morgan fingerprint density at radius 3 is 2.38 bits per heavy atom. The number of piperidine rings is 1. The predicted molar refractivity (Wildman–Crippen MR) is 76.6 cm³/mol. The van der Waals surface area contributed by atoms with Crippen molar-refractivity contribution in [2.75, 3.05) is 13.1 Å². The molecular formula is C14H19NO5S. The van der Waals surface area contributed by atoms with Crippen molar-refractivity contribution in [2.24, 2.45) is 5.92 Å². The Balaban J connectivity index is 2.26. The van der Waals surface area contributed by atoms with Crippen molar-refractivity contribution in [1.82, 2.24) is 4.31 Å². The second-order valence-corrected chi connectivity index (χ2v) is 7.19. The first-order chi connectivity index (χ1) is 9.84. The van der Waals surface area contributed by atoms with Gasteiger partial charge in [0.1, 0.15) is 0 Å². The molecule has 1 aliphatic heterocycles. The Labute approximate surface area is 124 Å². The fourth-order valence-corrected chi connectivity index (χ4v) is 4.26. The first-order valence-corrected chi connectivity index (χ1v) is 8.28. The summed E-state index contributed by atoms with van der Waals surface area (Å²) in [6, 6.07) is 5.63. The molecule has 1 unspecified atom stereocenters. The van der Waals surface area contributed by atoms with Crippen molar-refractivity contribution in [3.05, 3.63) is 29.8 Å². The zero-order chi connectivity index (χ0) is 15.6. The van der Waals surface area contributed by atoms with Gasteiger partial charge in [-0.15, -0.1) is 0 Å². The summed E-state index contributed by atoms with van der Waals surface area (Å²) in [5.41, 5.74) is -0.213. The molecule has 21 heavy (non-hydrogen) atoms. The maximum atomic E-state index is 12.6. The number of aliphatic hydroxyl groups is 1. The number of aromatic carboxylic acids is 1. The van der Waals surface area contributed by atoms with Crippen molar-refractivity contribution in [3.8, 4) is 0 Å². The molecule has 2 rings (SSSR count). The highest BCUT2D eigenvalue weighted by Gasteiger charge is 2.33. The van der Waals surface area contributed by atoms with Crippen molar-refractivity contribution in [3.63, 3.8) is 0 Å². The number of carbonyl (C=O) groups is 1. The van der Waals surface area contributed by atoms with Gasteiger partial charge in [-0.1, -0.05) is 12.1 Å². The number of sulfonamides is 1. The van der Waals surface area contributed by atoms with Gasteiger partial charge in [0.15, 0.2) is 0 Å². The number of carboxylic acid groups (broad SMARTS) is 1. The standard InChI is InChI=1S/C14H19NO5S/c1-10(16)11-6-8-15(9-7-11)21(19,20)13-5-3-2-4-12(13)14(17)18/h2-5,10-11,16H,6-9H2,1H3,(H,17,18). The number of aliphatic hydroxyl groups excluding tert-OH is 1. The second-order valence-electron chi connectivity index (χ2n) is 5.28. The van der Waals surface area contributed by atoms with Gasteiger partial charge in [0.05, 0.1) is 16.6 Å². The van der Waals surface area contributed by atoms with Crippen LogP contribution in [0.2, 0.25) is 0 Å². The maximum Gasteiger partial charge on any atom is 0.337 e. The van der Waals surface area contributed by atoms with E-state index in [4.69, 9.17) is 5.11 Å². The monoisotopic (exact) mass is 313 g/mol. The number of benzene rings is 1. The van der Waals surface area contributed by atoms with Gasteiger partial charge in [0, 0.05) is 13.1 Å². The zero-order valence-electron chi connectivity index (χ0n) is 11.8. The van der Waals surface area contributed by atoms with Crippen LogP contribution in [0.15, 0.2) is 29.2 Å². The van der Waals surface area contributed by atoms with Crippen molar-refractivity contribution in [2.45, 2.75) is 30.8 Å². The third-order valence-corrected chi connectivity index (χ3v) is 5.87. The van der Waals surface area contributed by atoms with E-state index in [1.54, 1.807) is 6.92 Å². The minimum absolute atomic E-state index is 0.0890. The van der Waals surface area contributed by atoms with Crippen LogP contribution in [0.25, 0.3) is 0 Å². The van der Waals surface area contributed by atoms with Crippen LogP contribution in [0.4, 0.5) is 0 Å². The van der Waals surface area contributed by atoms with Crippen molar-refractivity contribution < 1.29 is 23.4 Å². The molecule has 1 saturated heterocycles. The van der Waals surface area contributed by atoms with E-state index in [2.05, 4.69) is 0 Å². The average molecular weight is 313 g/mol. The lowest BCUT2D eigenvalue weighted by atomic mass is 9.93. The third-order valence-electron chi connectivity index (χ3n) is 3.92. The first-order valence-electron chi connectivity index (χ1n) is 6.84. The summed E-state index contributed by atoms with van der Waals surface area (Å²) in [4.78, 5) is 11.0. The van der Waals surface area contributed by atoms with Crippen molar-refractivity contribution >= 4 is 16.0 Å². The lowest BCUT2D eigenvalue weighted by Gasteiger charge is -2.32. The molecule has 1 aromatic carbocycles. The molecule has 0 bridgehead atoms. The highest BCUT2D eigenvalue weighted by atomic mass is 32.2. The lowest BCUT2D eigenvalue weighted by molar-refractivity contribution is 0.0692. The summed E-state index contributed by atoms with van der Waals surface area (Å²) in [7, 11) is -3.82. The second kappa shape index (κ2) is 6.13. The maximum absolute atomic E-state index is 12.6. The van der Waals surface area contributed by atoms with Crippen LogP contribution in [0, 0.1) is 5.92 Å². The van der Waals surface area contributed by atoms with E-state index in [9.17, 15) is 18.3 Å². The Kier molecular flexibility index (Phi) is 4.65. The number of hydrogen-bond donors (Lipinski definition) is 2. The van der Waals surface area contributed by atoms with E-state index in [1.807, 2.05) is 0 Å². The summed E-state index contributed by atoms with van der Waals surface area (Å²) in [6.45, 7) is 2.30. The molecule has 0 aromatic heterocycles. The summed E-state index contributed by atoms with van der Waals surface area (Å²) in [5, 5.41) is 18.7. The van der Waals surface area contributed by atoms with Gasteiger partial charge < -0.3 is 10.2 Å². The smallest absolute Gasteiger partial charge is 0.337 e. The van der Waals surface area contributed by atoms with E-state index in [0.717, 1.165) is 0 Å². The molecule has 0 saturated carbocycles. The molecule has 7 heteroatoms. The van der Waals surface area contributed by atoms with E-state index in [1.165, 1.54) is 28.6 Å². The number of hydrogen-bond acceptors (Lipinski definition) is 4. The van der Waals surface area contributed by atoms with Gasteiger partial charge >= 0.3 is 5.97 Å². The Morgan fingerprint density at radius 1 is 1.29 bits per heavy atom. The van der Waals surface area contributed by atoms with Crippen LogP contribution >= 0.6 is 0 Å². The van der Waals surface area contributed by atoms with Gasteiger partial charge in [-0.25, -0.2) is 13.2 Å². The van der Waals surface area contributed by atoms with Gasteiger partial charge in [0.2, 0.25) is 10.0 Å². The molecule has 0 radical (unpaired) electrons. The van der Waals surface area contributed by atoms with E-state index < -0.39 is 22.1 Å². The van der Waals surface area contributed by atoms with Crippen molar-refractivity contribution in [1.29, 1.82) is 0 Å². The van der Waals surface area contributed by atoms with E-state index in [-0.39, 0.29) is 16.4 Å². The van der Waals surface area contributed by atoms with Crippen LogP contribution < -0.4 is 0 Å². The largest absolute Gasteiger partial charge is 0.478 e. The fourth-order valence-electron chi connectivity index (χ4n) is 2.61. The van der Waals surface area contributed by atoms with Crippen LogP contribution in [0.3, 0.4) is 0 Å². The predicted octanol–water partition coefficient (Wildman–Crippen LogP) is 1.17. The molecule has 1 atom stereocenters. The van der Waals surface area contributed by atoms with Crippen LogP contribution in [-0.2, 0) is 10.0 Å². The lowest BCUT2D eigenvalue weighted by Crippen LogP contribution is -2.41. The van der Waals surface area contributed by atoms with Crippen LogP contribution in [0.1, 0.15) is 30.1 Å². The number of nitrogens with zero attached hydrogens (tertiary/aromatic N) is 1. The molecule has 1 aliphatic rings. The quantitative estimate of drug-likeness (QED) is 0.870. The Morgan fingerprint density at radius 2 is 1.86 bits per heavy atom. The average Bonchev–Trinajstić information content (AvgIpc) is 2.47. The molecule has 0 spiro atoms. The molecule has 116 valence electrons. The Hall–Kier alpha value is -1.44. The molecular weight excluding hydrogens is 294 g/mol. The fraction of sp³-hybridized carbons (Fsp3) is 0.500. The van der Waals surface area contributed by atoms with Crippen LogP contribution in [-0.4, -0.2) is 48.1 Å². The van der Waals surface area contributed by atoms with E-state index >= 15 is 0 Å². The molecule has 2 N–H and O–H groups in total. The number of rotatable bonds is 4. The molecule has 1 heterocycles. The minimum atomic E-state index is -3.82. The van der Waals surface area contributed by atoms with Gasteiger partial charge in [-0.2, -0.15) is 4.31 Å². The summed E-state index contributed by atoms with van der Waals surface area (Å²) >= 11 is 0. The molecule has 1 aromatic rings. The summed E-state index contributed by atoms with van der Waals surface area (Å²) in [6.07, 6.45) is 0.694. The Bertz CT molecular complexity index is 618. The third kappa shape index (κ3) is 3.25. The summed E-state index contributed by atoms with van der Waals surface area (Å²) < 4.78 is 26.5. The first kappa shape index (κ1) is 15.9. The normalized spacial score (nSPS) is 19.3. The highest BCUT2D eigenvalue weighted by Crippen LogP contribution is 2.27. The van der Waals surface area contributed by atoms with Gasteiger partial charge in [-0.05, 0) is 37.8 Å². The number of carboxylic acids is 1. The van der Waals surface area contributed by atoms with Gasteiger partial charge in [0.25, 0.3) is 0 Å². The SMILES string of the molecule is CC(O)C1CCN(S(=O)(=O)c2ccccc2C(=O)O)CC1. The van der Waals surface area contributed by atoms with Gasteiger partial charge in [-0.3, -0.25) is 0 Å².